The number of nitro benzene ring substituents is 1. The number of rotatable bonds is 5. The van der Waals surface area contributed by atoms with Gasteiger partial charge < -0.3 is 14.5 Å². The highest BCUT2D eigenvalue weighted by atomic mass is 35.5. The number of carbonyl (C=O) groups excluding carboxylic acids is 1. The zero-order chi connectivity index (χ0) is 23.4. The number of amides is 1. The fourth-order valence-corrected chi connectivity index (χ4v) is 3.65. The van der Waals surface area contributed by atoms with Crippen LogP contribution < -0.4 is 9.64 Å². The minimum Gasteiger partial charge on any atom is -0.439 e. The third-order valence-corrected chi connectivity index (χ3v) is 5.46. The van der Waals surface area contributed by atoms with Gasteiger partial charge in [0.2, 0.25) is 5.88 Å². The molecule has 0 radical (unpaired) electrons. The normalized spacial score (nSPS) is 14.0. The van der Waals surface area contributed by atoms with Gasteiger partial charge in [-0.2, -0.15) is 0 Å². The van der Waals surface area contributed by atoms with Crippen LogP contribution in [-0.4, -0.2) is 51.9 Å². The summed E-state index contributed by atoms with van der Waals surface area (Å²) < 4.78 is 19.0. The van der Waals surface area contributed by atoms with E-state index in [1.54, 1.807) is 11.0 Å². The van der Waals surface area contributed by atoms with Gasteiger partial charge in [-0.15, -0.1) is 0 Å². The van der Waals surface area contributed by atoms with E-state index in [1.165, 1.54) is 48.8 Å². The first-order valence-electron chi connectivity index (χ1n) is 10.1. The number of anilines is 1. The molecule has 1 aliphatic heterocycles. The molecule has 0 aliphatic carbocycles. The maximum absolute atomic E-state index is 13.4. The molecule has 0 atom stereocenters. The molecule has 0 N–H and O–H groups in total. The molecule has 1 aliphatic rings. The van der Waals surface area contributed by atoms with Crippen molar-refractivity contribution >= 4 is 29.0 Å². The summed E-state index contributed by atoms with van der Waals surface area (Å²) in [5.74, 6) is 0.557. The van der Waals surface area contributed by atoms with Crippen molar-refractivity contribution in [2.24, 2.45) is 0 Å². The van der Waals surface area contributed by atoms with E-state index < -0.39 is 10.7 Å². The van der Waals surface area contributed by atoms with Crippen molar-refractivity contribution in [2.75, 3.05) is 31.1 Å². The molecule has 1 aromatic heterocycles. The molecule has 1 fully saturated rings. The van der Waals surface area contributed by atoms with Crippen molar-refractivity contribution in [1.29, 1.82) is 0 Å². The molecule has 2 heterocycles. The number of hydrogen-bond donors (Lipinski definition) is 0. The van der Waals surface area contributed by atoms with Gasteiger partial charge in [-0.3, -0.25) is 14.9 Å². The van der Waals surface area contributed by atoms with Crippen LogP contribution in [0.5, 0.6) is 11.6 Å². The molecule has 0 spiro atoms. The maximum Gasteiger partial charge on any atom is 0.269 e. The Morgan fingerprint density at radius 1 is 1.06 bits per heavy atom. The SMILES string of the molecule is O=C(c1ccc([N+](=O)[O-])cc1)N1CCCN(c2cc(Oc3ccc(F)c(Cl)c3)ncn2)CC1. The standard InChI is InChI=1S/C22H19ClFN5O4/c23-18-12-17(6-7-19(18)24)33-21-13-20(25-14-26-21)27-8-1-9-28(11-10-27)22(30)15-2-4-16(5-3-15)29(31)32/h2-7,12-14H,1,8-11H2. The Balaban J connectivity index is 1.42. The summed E-state index contributed by atoms with van der Waals surface area (Å²) in [6.45, 7) is 2.22. The van der Waals surface area contributed by atoms with Crippen molar-refractivity contribution in [1.82, 2.24) is 14.9 Å². The lowest BCUT2D eigenvalue weighted by molar-refractivity contribution is -0.384. The number of nitrogens with zero attached hydrogens (tertiary/aromatic N) is 5. The largest absolute Gasteiger partial charge is 0.439 e. The van der Waals surface area contributed by atoms with E-state index >= 15 is 0 Å². The van der Waals surface area contributed by atoms with Gasteiger partial charge in [-0.1, -0.05) is 11.6 Å². The van der Waals surface area contributed by atoms with Crippen LogP contribution in [0.4, 0.5) is 15.9 Å². The van der Waals surface area contributed by atoms with E-state index in [2.05, 4.69) is 9.97 Å². The number of nitro groups is 1. The Hall–Kier alpha value is -3.79. The molecule has 9 nitrogen and oxygen atoms in total. The van der Waals surface area contributed by atoms with Crippen LogP contribution in [0.25, 0.3) is 0 Å². The fourth-order valence-electron chi connectivity index (χ4n) is 3.48. The third-order valence-electron chi connectivity index (χ3n) is 5.17. The van der Waals surface area contributed by atoms with Crippen molar-refractivity contribution in [2.45, 2.75) is 6.42 Å². The number of hydrogen-bond acceptors (Lipinski definition) is 7. The number of benzene rings is 2. The predicted octanol–water partition coefficient (Wildman–Crippen LogP) is 4.32. The average Bonchev–Trinajstić information content (AvgIpc) is 3.08. The van der Waals surface area contributed by atoms with E-state index in [0.717, 1.165) is 0 Å². The van der Waals surface area contributed by atoms with Crippen LogP contribution in [0.3, 0.4) is 0 Å². The highest BCUT2D eigenvalue weighted by Crippen LogP contribution is 2.27. The molecule has 3 aromatic rings. The smallest absolute Gasteiger partial charge is 0.269 e. The zero-order valence-corrected chi connectivity index (χ0v) is 18.1. The number of ether oxygens (including phenoxy) is 1. The second kappa shape index (κ2) is 9.78. The molecular weight excluding hydrogens is 453 g/mol. The Morgan fingerprint density at radius 3 is 2.58 bits per heavy atom. The van der Waals surface area contributed by atoms with Crippen LogP contribution in [0, 0.1) is 15.9 Å². The Bertz CT molecular complexity index is 1180. The Kier molecular flexibility index (Phi) is 6.64. The quantitative estimate of drug-likeness (QED) is 0.403. The van der Waals surface area contributed by atoms with Crippen molar-refractivity contribution in [3.63, 3.8) is 0 Å². The Morgan fingerprint density at radius 2 is 1.85 bits per heavy atom. The maximum atomic E-state index is 13.4. The minimum absolute atomic E-state index is 0.0490. The van der Waals surface area contributed by atoms with E-state index in [-0.39, 0.29) is 22.5 Å². The number of carbonyl (C=O) groups is 1. The van der Waals surface area contributed by atoms with Crippen molar-refractivity contribution in [3.8, 4) is 11.6 Å². The lowest BCUT2D eigenvalue weighted by Gasteiger charge is -2.23. The molecule has 0 unspecified atom stereocenters. The van der Waals surface area contributed by atoms with Crippen molar-refractivity contribution in [3.05, 3.63) is 81.4 Å². The average molecular weight is 472 g/mol. The summed E-state index contributed by atoms with van der Waals surface area (Å²) in [5.41, 5.74) is 0.350. The van der Waals surface area contributed by atoms with Gasteiger partial charge >= 0.3 is 0 Å². The summed E-state index contributed by atoms with van der Waals surface area (Å²) in [6, 6.07) is 11.3. The number of non-ortho nitro benzene ring substituents is 1. The van der Waals surface area contributed by atoms with Crippen LogP contribution in [-0.2, 0) is 0 Å². The lowest BCUT2D eigenvalue weighted by Crippen LogP contribution is -2.35. The van der Waals surface area contributed by atoms with Crippen LogP contribution in [0.1, 0.15) is 16.8 Å². The van der Waals surface area contributed by atoms with Gasteiger partial charge in [0.15, 0.2) is 0 Å². The van der Waals surface area contributed by atoms with E-state index in [4.69, 9.17) is 16.3 Å². The number of aromatic nitrogens is 2. The highest BCUT2D eigenvalue weighted by Gasteiger charge is 2.22. The van der Waals surface area contributed by atoms with E-state index in [9.17, 15) is 19.3 Å². The van der Waals surface area contributed by atoms with Gasteiger partial charge in [0, 0.05) is 56.0 Å². The molecule has 0 saturated carbocycles. The van der Waals surface area contributed by atoms with Crippen molar-refractivity contribution < 1.29 is 18.8 Å². The molecule has 11 heteroatoms. The van der Waals surface area contributed by atoms with E-state index in [1.807, 2.05) is 4.90 Å². The Labute approximate surface area is 193 Å². The molecule has 1 amide bonds. The first kappa shape index (κ1) is 22.4. The second-order valence-corrected chi connectivity index (χ2v) is 7.74. The molecule has 170 valence electrons. The number of halogens is 2. The van der Waals surface area contributed by atoms with Gasteiger partial charge in [0.1, 0.15) is 23.7 Å². The molecule has 4 rings (SSSR count). The summed E-state index contributed by atoms with van der Waals surface area (Å²) in [5, 5.41) is 10.8. The fraction of sp³-hybridized carbons (Fsp3) is 0.227. The molecule has 2 aromatic carbocycles. The molecule has 1 saturated heterocycles. The van der Waals surface area contributed by atoms with Crippen LogP contribution >= 0.6 is 11.6 Å². The van der Waals surface area contributed by atoms with E-state index in [0.29, 0.717) is 49.7 Å². The van der Waals surface area contributed by atoms with Gasteiger partial charge in [0.05, 0.1) is 9.95 Å². The topological polar surface area (TPSA) is 102 Å². The van der Waals surface area contributed by atoms with Gasteiger partial charge in [-0.25, -0.2) is 14.4 Å². The van der Waals surface area contributed by atoms with Gasteiger partial charge in [0.25, 0.3) is 11.6 Å². The summed E-state index contributed by atoms with van der Waals surface area (Å²) in [6.07, 6.45) is 2.09. The first-order chi connectivity index (χ1) is 15.9. The zero-order valence-electron chi connectivity index (χ0n) is 17.4. The molecule has 33 heavy (non-hydrogen) atoms. The summed E-state index contributed by atoms with van der Waals surface area (Å²) in [4.78, 5) is 35.3. The monoisotopic (exact) mass is 471 g/mol. The first-order valence-corrected chi connectivity index (χ1v) is 10.5. The van der Waals surface area contributed by atoms with Gasteiger partial charge in [-0.05, 0) is 30.7 Å². The van der Waals surface area contributed by atoms with Crippen LogP contribution in [0.15, 0.2) is 54.9 Å². The summed E-state index contributed by atoms with van der Waals surface area (Å²) >= 11 is 5.80. The molecule has 0 bridgehead atoms. The minimum atomic E-state index is -0.537. The summed E-state index contributed by atoms with van der Waals surface area (Å²) in [7, 11) is 0. The third kappa shape index (κ3) is 5.35. The second-order valence-electron chi connectivity index (χ2n) is 7.33. The molecular formula is C22H19ClFN5O4. The predicted molar refractivity (Wildman–Crippen MR) is 119 cm³/mol. The van der Waals surface area contributed by atoms with Crippen LogP contribution in [0.2, 0.25) is 5.02 Å². The lowest BCUT2D eigenvalue weighted by atomic mass is 10.2. The highest BCUT2D eigenvalue weighted by molar-refractivity contribution is 6.30.